The van der Waals surface area contributed by atoms with Gasteiger partial charge < -0.3 is 14.5 Å². The van der Waals surface area contributed by atoms with Crippen molar-refractivity contribution in [2.24, 2.45) is 5.41 Å². The number of para-hydroxylation sites is 2. The molecule has 3 amide bonds. The van der Waals surface area contributed by atoms with Crippen LogP contribution in [-0.2, 0) is 14.4 Å². The molecule has 1 aromatic rings. The first kappa shape index (κ1) is 18.8. The molecule has 7 heteroatoms. The van der Waals surface area contributed by atoms with E-state index in [4.69, 9.17) is 4.74 Å². The summed E-state index contributed by atoms with van der Waals surface area (Å²) in [6.45, 7) is 2.40. The maximum Gasteiger partial charge on any atom is 0.242 e. The quantitative estimate of drug-likeness (QED) is 0.738. The summed E-state index contributed by atoms with van der Waals surface area (Å²) in [7, 11) is 1.65. The molecular formula is C21H27N3O4. The first-order valence-corrected chi connectivity index (χ1v) is 10.0. The van der Waals surface area contributed by atoms with Gasteiger partial charge in [-0.25, -0.2) is 0 Å². The third kappa shape index (κ3) is 3.23. The standard InChI is InChI=1S/C21H27N3O4/c1-28-17-7-3-2-6-16(17)22-10-12-23(13-11-22)19(26)15-24-18(25)14-21(20(24)27)8-4-5-9-21/h2-3,6-7H,4-5,8-15H2,1H3. The molecular weight excluding hydrogens is 358 g/mol. The molecule has 2 saturated heterocycles. The van der Waals surface area contributed by atoms with E-state index < -0.39 is 5.41 Å². The number of imide groups is 1. The molecule has 7 nitrogen and oxygen atoms in total. The van der Waals surface area contributed by atoms with Crippen LogP contribution in [0.15, 0.2) is 24.3 Å². The van der Waals surface area contributed by atoms with Gasteiger partial charge in [0.05, 0.1) is 18.2 Å². The Morgan fingerprint density at radius 2 is 1.75 bits per heavy atom. The van der Waals surface area contributed by atoms with Crippen molar-refractivity contribution in [2.75, 3.05) is 44.7 Å². The number of benzene rings is 1. The second-order valence-corrected chi connectivity index (χ2v) is 7.99. The third-order valence-corrected chi connectivity index (χ3v) is 6.40. The molecule has 0 unspecified atom stereocenters. The first-order valence-electron chi connectivity index (χ1n) is 10.0. The zero-order valence-electron chi connectivity index (χ0n) is 16.4. The highest BCUT2D eigenvalue weighted by molar-refractivity contribution is 6.08. The molecule has 3 aliphatic rings. The number of piperazine rings is 1. The topological polar surface area (TPSA) is 70.2 Å². The van der Waals surface area contributed by atoms with Crippen molar-refractivity contribution in [3.05, 3.63) is 24.3 Å². The van der Waals surface area contributed by atoms with E-state index in [1.165, 1.54) is 4.90 Å². The van der Waals surface area contributed by atoms with Crippen molar-refractivity contribution < 1.29 is 19.1 Å². The Labute approximate surface area is 165 Å². The number of rotatable bonds is 4. The molecule has 28 heavy (non-hydrogen) atoms. The zero-order chi connectivity index (χ0) is 19.7. The van der Waals surface area contributed by atoms with Crippen molar-refractivity contribution in [2.45, 2.75) is 32.1 Å². The predicted molar refractivity (Wildman–Crippen MR) is 104 cm³/mol. The summed E-state index contributed by atoms with van der Waals surface area (Å²) in [5, 5.41) is 0. The maximum atomic E-state index is 12.8. The second kappa shape index (κ2) is 7.45. The summed E-state index contributed by atoms with van der Waals surface area (Å²) < 4.78 is 5.43. The van der Waals surface area contributed by atoms with E-state index in [0.29, 0.717) is 26.2 Å². The highest BCUT2D eigenvalue weighted by Crippen LogP contribution is 2.46. The molecule has 2 heterocycles. The van der Waals surface area contributed by atoms with Gasteiger partial charge in [-0.3, -0.25) is 19.3 Å². The number of hydrogen-bond donors (Lipinski definition) is 0. The highest BCUT2D eigenvalue weighted by Gasteiger charge is 2.53. The number of carbonyl (C=O) groups excluding carboxylic acids is 3. The summed E-state index contributed by atoms with van der Waals surface area (Å²) in [4.78, 5) is 43.1. The number of ether oxygens (including phenoxy) is 1. The molecule has 1 spiro atoms. The van der Waals surface area contributed by atoms with Crippen molar-refractivity contribution in [1.29, 1.82) is 0 Å². The van der Waals surface area contributed by atoms with E-state index in [-0.39, 0.29) is 30.7 Å². The summed E-state index contributed by atoms with van der Waals surface area (Å²) in [6.07, 6.45) is 3.82. The molecule has 4 rings (SSSR count). The molecule has 3 fully saturated rings. The van der Waals surface area contributed by atoms with E-state index in [2.05, 4.69) is 4.90 Å². The van der Waals surface area contributed by atoms with Crippen LogP contribution in [0.2, 0.25) is 0 Å². The summed E-state index contributed by atoms with van der Waals surface area (Å²) in [6, 6.07) is 7.84. The molecule has 1 aromatic carbocycles. The largest absolute Gasteiger partial charge is 0.495 e. The summed E-state index contributed by atoms with van der Waals surface area (Å²) in [5.74, 6) is 0.359. The Morgan fingerprint density at radius 1 is 1.07 bits per heavy atom. The fourth-order valence-electron chi connectivity index (χ4n) is 4.79. The molecule has 0 radical (unpaired) electrons. The van der Waals surface area contributed by atoms with Crippen LogP contribution in [0.5, 0.6) is 5.75 Å². The Hall–Kier alpha value is -2.57. The number of carbonyl (C=O) groups is 3. The van der Waals surface area contributed by atoms with Crippen LogP contribution in [0.3, 0.4) is 0 Å². The fourth-order valence-corrected chi connectivity index (χ4v) is 4.79. The van der Waals surface area contributed by atoms with Gasteiger partial charge in [-0.1, -0.05) is 25.0 Å². The smallest absolute Gasteiger partial charge is 0.242 e. The average molecular weight is 385 g/mol. The Bertz CT molecular complexity index is 780. The van der Waals surface area contributed by atoms with Gasteiger partial charge in [0.2, 0.25) is 17.7 Å². The zero-order valence-corrected chi connectivity index (χ0v) is 16.4. The molecule has 0 aromatic heterocycles. The average Bonchev–Trinajstić information content (AvgIpc) is 3.28. The molecule has 1 saturated carbocycles. The van der Waals surface area contributed by atoms with E-state index in [1.54, 1.807) is 12.0 Å². The Morgan fingerprint density at radius 3 is 2.43 bits per heavy atom. The highest BCUT2D eigenvalue weighted by atomic mass is 16.5. The van der Waals surface area contributed by atoms with E-state index in [0.717, 1.165) is 37.1 Å². The lowest BCUT2D eigenvalue weighted by molar-refractivity contribution is -0.147. The third-order valence-electron chi connectivity index (χ3n) is 6.40. The van der Waals surface area contributed by atoms with Gasteiger partial charge in [-0.2, -0.15) is 0 Å². The van der Waals surface area contributed by atoms with Gasteiger partial charge >= 0.3 is 0 Å². The van der Waals surface area contributed by atoms with Crippen molar-refractivity contribution >= 4 is 23.4 Å². The predicted octanol–water partition coefficient (Wildman–Crippen LogP) is 1.66. The van der Waals surface area contributed by atoms with Crippen LogP contribution < -0.4 is 9.64 Å². The van der Waals surface area contributed by atoms with E-state index >= 15 is 0 Å². The monoisotopic (exact) mass is 385 g/mol. The fraction of sp³-hybridized carbons (Fsp3) is 0.571. The van der Waals surface area contributed by atoms with Gasteiger partial charge in [0.15, 0.2) is 0 Å². The molecule has 1 aliphatic carbocycles. The van der Waals surface area contributed by atoms with Crippen LogP contribution in [0.25, 0.3) is 0 Å². The van der Waals surface area contributed by atoms with Gasteiger partial charge in [-0.15, -0.1) is 0 Å². The van der Waals surface area contributed by atoms with Gasteiger partial charge in [0, 0.05) is 32.6 Å². The summed E-state index contributed by atoms with van der Waals surface area (Å²) in [5.41, 5.74) is 0.505. The minimum atomic E-state index is -0.514. The Kier molecular flexibility index (Phi) is 5.00. The lowest BCUT2D eigenvalue weighted by Gasteiger charge is -2.37. The van der Waals surface area contributed by atoms with E-state index in [9.17, 15) is 14.4 Å². The van der Waals surface area contributed by atoms with Crippen molar-refractivity contribution in [3.8, 4) is 5.75 Å². The van der Waals surface area contributed by atoms with E-state index in [1.807, 2.05) is 24.3 Å². The van der Waals surface area contributed by atoms with Crippen LogP contribution in [-0.4, -0.2) is 67.4 Å². The van der Waals surface area contributed by atoms with Crippen molar-refractivity contribution in [1.82, 2.24) is 9.80 Å². The molecule has 0 bridgehead atoms. The number of nitrogens with zero attached hydrogens (tertiary/aromatic N) is 3. The maximum absolute atomic E-state index is 12.8. The minimum absolute atomic E-state index is 0.117. The first-order chi connectivity index (χ1) is 13.5. The van der Waals surface area contributed by atoms with Crippen LogP contribution in [0.1, 0.15) is 32.1 Å². The second-order valence-electron chi connectivity index (χ2n) is 7.99. The molecule has 0 atom stereocenters. The lowest BCUT2D eigenvalue weighted by Crippen LogP contribution is -2.52. The Balaban J connectivity index is 1.36. The molecule has 2 aliphatic heterocycles. The lowest BCUT2D eigenvalue weighted by atomic mass is 9.84. The van der Waals surface area contributed by atoms with Gasteiger partial charge in [0.1, 0.15) is 12.3 Å². The normalized spacial score (nSPS) is 21.7. The summed E-state index contributed by atoms with van der Waals surface area (Å²) >= 11 is 0. The minimum Gasteiger partial charge on any atom is -0.495 e. The molecule has 0 N–H and O–H groups in total. The van der Waals surface area contributed by atoms with Crippen LogP contribution >= 0.6 is 0 Å². The number of anilines is 1. The van der Waals surface area contributed by atoms with Crippen LogP contribution in [0, 0.1) is 5.41 Å². The number of methoxy groups -OCH3 is 1. The number of amides is 3. The molecule has 150 valence electrons. The van der Waals surface area contributed by atoms with Crippen molar-refractivity contribution in [3.63, 3.8) is 0 Å². The SMILES string of the molecule is COc1ccccc1N1CCN(C(=O)CN2C(=O)CC3(CCCC3)C2=O)CC1. The van der Waals surface area contributed by atoms with Crippen LogP contribution in [0.4, 0.5) is 5.69 Å². The van der Waals surface area contributed by atoms with Gasteiger partial charge in [0.25, 0.3) is 0 Å². The number of hydrogen-bond acceptors (Lipinski definition) is 5. The number of likely N-dealkylation sites (tertiary alicyclic amines) is 1. The van der Waals surface area contributed by atoms with Gasteiger partial charge in [-0.05, 0) is 25.0 Å².